The van der Waals surface area contributed by atoms with Crippen LogP contribution in [-0.2, 0) is 4.79 Å². The Kier molecular flexibility index (Phi) is 5.22. The molecule has 0 aromatic heterocycles. The zero-order valence-corrected chi connectivity index (χ0v) is 12.5. The lowest BCUT2D eigenvalue weighted by atomic mass is 9.80. The molecule has 1 amide bonds. The van der Waals surface area contributed by atoms with Crippen LogP contribution < -0.4 is 5.73 Å². The van der Waals surface area contributed by atoms with Crippen LogP contribution in [0.2, 0.25) is 0 Å². The van der Waals surface area contributed by atoms with E-state index in [0.29, 0.717) is 17.9 Å². The minimum absolute atomic E-state index is 0.00919. The summed E-state index contributed by atoms with van der Waals surface area (Å²) in [5, 5.41) is 0. The quantitative estimate of drug-likeness (QED) is 0.838. The largest absolute Gasteiger partial charge is 0.341 e. The second-order valence-corrected chi connectivity index (χ2v) is 6.45. The molecular formula is C15H29N3O. The van der Waals surface area contributed by atoms with Crippen molar-refractivity contribution in [3.8, 4) is 0 Å². The topological polar surface area (TPSA) is 49.6 Å². The van der Waals surface area contributed by atoms with Crippen molar-refractivity contribution < 1.29 is 4.79 Å². The molecule has 1 saturated heterocycles. The Morgan fingerprint density at radius 1 is 1.26 bits per heavy atom. The van der Waals surface area contributed by atoms with Crippen LogP contribution in [0.25, 0.3) is 0 Å². The van der Waals surface area contributed by atoms with Gasteiger partial charge < -0.3 is 10.6 Å². The van der Waals surface area contributed by atoms with E-state index in [1.54, 1.807) is 0 Å². The summed E-state index contributed by atoms with van der Waals surface area (Å²) in [5.74, 6) is 1.01. The fourth-order valence-corrected chi connectivity index (χ4v) is 3.25. The van der Waals surface area contributed by atoms with E-state index in [1.165, 1.54) is 25.7 Å². The summed E-state index contributed by atoms with van der Waals surface area (Å²) >= 11 is 0. The molecule has 0 bridgehead atoms. The number of carbonyl (C=O) groups excluding carboxylic acids is 1. The van der Waals surface area contributed by atoms with Gasteiger partial charge in [0, 0.05) is 25.7 Å². The number of hydrogen-bond acceptors (Lipinski definition) is 3. The molecule has 2 rings (SSSR count). The fourth-order valence-electron chi connectivity index (χ4n) is 3.25. The summed E-state index contributed by atoms with van der Waals surface area (Å²) in [6, 6.07) is 0.407. The lowest BCUT2D eigenvalue weighted by Gasteiger charge is -2.38. The second kappa shape index (κ2) is 6.71. The zero-order valence-electron chi connectivity index (χ0n) is 12.5. The Morgan fingerprint density at radius 3 is 2.37 bits per heavy atom. The molecule has 0 aromatic rings. The predicted octanol–water partition coefficient (Wildman–Crippen LogP) is 1.45. The highest BCUT2D eigenvalue weighted by molar-refractivity contribution is 5.81. The third-order valence-electron chi connectivity index (χ3n) is 4.75. The van der Waals surface area contributed by atoms with Gasteiger partial charge in [-0.2, -0.15) is 0 Å². The highest BCUT2D eigenvalue weighted by Gasteiger charge is 2.30. The molecule has 4 nitrogen and oxygen atoms in total. The van der Waals surface area contributed by atoms with Gasteiger partial charge in [0.2, 0.25) is 5.91 Å². The van der Waals surface area contributed by atoms with Crippen molar-refractivity contribution in [3.63, 3.8) is 0 Å². The maximum absolute atomic E-state index is 12.5. The van der Waals surface area contributed by atoms with Gasteiger partial charge in [-0.25, -0.2) is 0 Å². The molecule has 1 saturated carbocycles. The van der Waals surface area contributed by atoms with Crippen LogP contribution in [0.4, 0.5) is 0 Å². The van der Waals surface area contributed by atoms with Crippen molar-refractivity contribution in [1.29, 1.82) is 0 Å². The van der Waals surface area contributed by atoms with Crippen LogP contribution in [0.3, 0.4) is 0 Å². The summed E-state index contributed by atoms with van der Waals surface area (Å²) in [5.41, 5.74) is 5.82. The number of rotatable bonds is 4. The number of nitrogens with zero attached hydrogens (tertiary/aromatic N) is 2. The zero-order chi connectivity index (χ0) is 13.8. The van der Waals surface area contributed by atoms with Gasteiger partial charge in [0.25, 0.3) is 0 Å². The van der Waals surface area contributed by atoms with Crippen molar-refractivity contribution in [2.45, 2.75) is 57.5 Å². The van der Waals surface area contributed by atoms with E-state index in [-0.39, 0.29) is 6.04 Å². The third-order valence-corrected chi connectivity index (χ3v) is 4.75. The van der Waals surface area contributed by atoms with Gasteiger partial charge in [0.1, 0.15) is 0 Å². The maximum Gasteiger partial charge on any atom is 0.239 e. The van der Waals surface area contributed by atoms with E-state index in [0.717, 1.165) is 32.5 Å². The fraction of sp³-hybridized carbons (Fsp3) is 0.933. The molecule has 110 valence electrons. The molecule has 1 aliphatic heterocycles. The SMILES string of the molecule is CC(C(=O)N1CCCCCC1)N(C)CC1CC(N)C1. The van der Waals surface area contributed by atoms with Gasteiger partial charge in [-0.15, -0.1) is 0 Å². The van der Waals surface area contributed by atoms with E-state index in [9.17, 15) is 4.79 Å². The monoisotopic (exact) mass is 267 g/mol. The van der Waals surface area contributed by atoms with E-state index < -0.39 is 0 Å². The average molecular weight is 267 g/mol. The number of hydrogen-bond donors (Lipinski definition) is 1. The van der Waals surface area contributed by atoms with Crippen molar-refractivity contribution in [2.24, 2.45) is 11.7 Å². The van der Waals surface area contributed by atoms with Crippen molar-refractivity contribution in [2.75, 3.05) is 26.7 Å². The van der Waals surface area contributed by atoms with Crippen molar-refractivity contribution in [1.82, 2.24) is 9.80 Å². The average Bonchev–Trinajstić information content (AvgIpc) is 2.63. The summed E-state index contributed by atoms with van der Waals surface area (Å²) < 4.78 is 0. The summed E-state index contributed by atoms with van der Waals surface area (Å²) in [4.78, 5) is 16.8. The summed E-state index contributed by atoms with van der Waals surface area (Å²) in [6.45, 7) is 4.96. The minimum atomic E-state index is 0.00919. The van der Waals surface area contributed by atoms with Gasteiger partial charge in [-0.05, 0) is 45.6 Å². The number of likely N-dealkylation sites (tertiary alicyclic amines) is 1. The van der Waals surface area contributed by atoms with Gasteiger partial charge in [-0.3, -0.25) is 9.69 Å². The van der Waals surface area contributed by atoms with Crippen molar-refractivity contribution in [3.05, 3.63) is 0 Å². The molecular weight excluding hydrogens is 238 g/mol. The van der Waals surface area contributed by atoms with Crippen LogP contribution in [-0.4, -0.2) is 54.5 Å². The Labute approximate surface area is 117 Å². The molecule has 0 aromatic carbocycles. The molecule has 1 unspecified atom stereocenters. The first kappa shape index (κ1) is 14.8. The molecule has 2 aliphatic rings. The number of likely N-dealkylation sites (N-methyl/N-ethyl adjacent to an activating group) is 1. The normalized spacial score (nSPS) is 29.8. The van der Waals surface area contributed by atoms with E-state index in [4.69, 9.17) is 5.73 Å². The van der Waals surface area contributed by atoms with Crippen LogP contribution in [0.15, 0.2) is 0 Å². The standard InChI is InChI=1S/C15H29N3O/c1-12(17(2)11-13-9-14(16)10-13)15(19)18-7-5-3-4-6-8-18/h12-14H,3-11,16H2,1-2H3. The van der Waals surface area contributed by atoms with E-state index in [2.05, 4.69) is 16.8 Å². The molecule has 2 fully saturated rings. The predicted molar refractivity (Wildman–Crippen MR) is 77.8 cm³/mol. The van der Waals surface area contributed by atoms with Gasteiger partial charge in [-0.1, -0.05) is 12.8 Å². The maximum atomic E-state index is 12.5. The molecule has 1 aliphatic carbocycles. The first-order chi connectivity index (χ1) is 9.08. The summed E-state index contributed by atoms with van der Waals surface area (Å²) in [6.07, 6.45) is 7.12. The lowest BCUT2D eigenvalue weighted by molar-refractivity contribution is -0.136. The molecule has 1 atom stereocenters. The van der Waals surface area contributed by atoms with Crippen LogP contribution in [0.1, 0.15) is 45.4 Å². The van der Waals surface area contributed by atoms with Gasteiger partial charge >= 0.3 is 0 Å². The van der Waals surface area contributed by atoms with Crippen molar-refractivity contribution >= 4 is 5.91 Å². The van der Waals surface area contributed by atoms with Gasteiger partial charge in [0.05, 0.1) is 6.04 Å². The van der Waals surface area contributed by atoms with Crippen LogP contribution in [0, 0.1) is 5.92 Å². The number of nitrogens with two attached hydrogens (primary N) is 1. The highest BCUT2D eigenvalue weighted by Crippen LogP contribution is 2.26. The summed E-state index contributed by atoms with van der Waals surface area (Å²) in [7, 11) is 2.07. The number of carbonyl (C=O) groups is 1. The van der Waals surface area contributed by atoms with E-state index in [1.807, 2.05) is 6.92 Å². The van der Waals surface area contributed by atoms with Crippen LogP contribution in [0.5, 0.6) is 0 Å². The molecule has 2 N–H and O–H groups in total. The molecule has 0 spiro atoms. The molecule has 1 heterocycles. The van der Waals surface area contributed by atoms with Gasteiger partial charge in [0.15, 0.2) is 0 Å². The number of amides is 1. The third kappa shape index (κ3) is 3.93. The Morgan fingerprint density at radius 2 is 1.84 bits per heavy atom. The smallest absolute Gasteiger partial charge is 0.239 e. The Bertz CT molecular complexity index is 294. The van der Waals surface area contributed by atoms with Crippen LogP contribution >= 0.6 is 0 Å². The highest BCUT2D eigenvalue weighted by atomic mass is 16.2. The minimum Gasteiger partial charge on any atom is -0.341 e. The first-order valence-electron chi connectivity index (χ1n) is 7.82. The van der Waals surface area contributed by atoms with E-state index >= 15 is 0 Å². The molecule has 4 heteroatoms. The Hall–Kier alpha value is -0.610. The Balaban J connectivity index is 1.79. The molecule has 19 heavy (non-hydrogen) atoms. The lowest BCUT2D eigenvalue weighted by Crippen LogP contribution is -2.49. The second-order valence-electron chi connectivity index (χ2n) is 6.45. The molecule has 0 radical (unpaired) electrons. The first-order valence-corrected chi connectivity index (χ1v) is 7.82.